The Labute approximate surface area is 226 Å². The van der Waals surface area contributed by atoms with Crippen molar-refractivity contribution in [1.82, 2.24) is 21.3 Å². The van der Waals surface area contributed by atoms with E-state index in [9.17, 15) is 29.1 Å². The zero-order valence-electron chi connectivity index (χ0n) is 21.7. The molecule has 14 heteroatoms. The van der Waals surface area contributed by atoms with E-state index in [0.29, 0.717) is 18.5 Å². The van der Waals surface area contributed by atoms with Crippen molar-refractivity contribution in [1.29, 1.82) is 0 Å². The molecule has 0 saturated carbocycles. The number of guanidine groups is 1. The molecular formula is C25H38N8O6. The maximum Gasteiger partial charge on any atom is 0.326 e. The maximum atomic E-state index is 13.2. The number of hydrogen-bond donors (Lipinski definition) is 8. The van der Waals surface area contributed by atoms with Crippen molar-refractivity contribution in [2.75, 3.05) is 13.1 Å². The standard InChI is InChI=1S/C25H38N8O6/c26-20(34)11-10-18(32-21(35)16-8-4-12-29-16)23(37)31-17(9-5-13-30-25(27)28)22(36)33-19(24(38)39)14-15-6-2-1-3-7-15/h1-3,6-7,16-19,29H,4-5,8-14H2,(H2,26,34)(H,31,37)(H,32,35)(H,33,36)(H,38,39)(H4,27,28,30). The van der Waals surface area contributed by atoms with Crippen LogP contribution in [0.5, 0.6) is 0 Å². The molecule has 214 valence electrons. The lowest BCUT2D eigenvalue weighted by Crippen LogP contribution is -2.57. The van der Waals surface area contributed by atoms with E-state index in [0.717, 1.165) is 6.42 Å². The van der Waals surface area contributed by atoms with E-state index in [-0.39, 0.29) is 44.6 Å². The molecule has 1 saturated heterocycles. The van der Waals surface area contributed by atoms with Gasteiger partial charge in [0.25, 0.3) is 0 Å². The van der Waals surface area contributed by atoms with E-state index in [1.165, 1.54) is 0 Å². The second kappa shape index (κ2) is 15.9. The molecule has 39 heavy (non-hydrogen) atoms. The molecule has 4 atom stereocenters. The molecular weight excluding hydrogens is 508 g/mol. The van der Waals surface area contributed by atoms with Crippen molar-refractivity contribution >= 4 is 35.6 Å². The van der Waals surface area contributed by atoms with Crippen LogP contribution in [0.25, 0.3) is 0 Å². The van der Waals surface area contributed by atoms with Gasteiger partial charge in [0.05, 0.1) is 6.04 Å². The number of nitrogens with zero attached hydrogens (tertiary/aromatic N) is 1. The number of amides is 4. The first-order valence-electron chi connectivity index (χ1n) is 12.8. The van der Waals surface area contributed by atoms with Crippen LogP contribution in [0, 0.1) is 0 Å². The third-order valence-electron chi connectivity index (χ3n) is 6.16. The summed E-state index contributed by atoms with van der Waals surface area (Å²) < 4.78 is 0. The highest BCUT2D eigenvalue weighted by atomic mass is 16.4. The molecule has 0 aromatic heterocycles. The van der Waals surface area contributed by atoms with Crippen LogP contribution < -0.4 is 38.5 Å². The molecule has 4 unspecified atom stereocenters. The number of aliphatic carboxylic acids is 1. The van der Waals surface area contributed by atoms with Gasteiger partial charge in [0.1, 0.15) is 18.1 Å². The minimum Gasteiger partial charge on any atom is -0.480 e. The summed E-state index contributed by atoms with van der Waals surface area (Å²) in [4.78, 5) is 66.2. The van der Waals surface area contributed by atoms with Crippen LogP contribution >= 0.6 is 0 Å². The number of nitrogens with two attached hydrogens (primary N) is 3. The van der Waals surface area contributed by atoms with Gasteiger partial charge >= 0.3 is 5.97 Å². The largest absolute Gasteiger partial charge is 0.480 e. The fourth-order valence-corrected chi connectivity index (χ4v) is 4.10. The Morgan fingerprint density at radius 3 is 2.15 bits per heavy atom. The molecule has 14 nitrogen and oxygen atoms in total. The smallest absolute Gasteiger partial charge is 0.326 e. The molecule has 0 radical (unpaired) electrons. The summed E-state index contributed by atoms with van der Waals surface area (Å²) in [6.07, 6.45) is 1.56. The molecule has 2 rings (SSSR count). The molecule has 0 bridgehead atoms. The van der Waals surface area contributed by atoms with Crippen LogP contribution in [0.15, 0.2) is 35.3 Å². The third kappa shape index (κ3) is 11.4. The average molecular weight is 547 g/mol. The fraction of sp³-hybridized carbons (Fsp3) is 0.520. The van der Waals surface area contributed by atoms with Crippen LogP contribution in [0.2, 0.25) is 0 Å². The van der Waals surface area contributed by atoms with Crippen molar-refractivity contribution in [2.24, 2.45) is 22.2 Å². The van der Waals surface area contributed by atoms with Gasteiger partial charge in [-0.1, -0.05) is 30.3 Å². The molecule has 11 N–H and O–H groups in total. The summed E-state index contributed by atoms with van der Waals surface area (Å²) in [6.45, 7) is 0.839. The lowest BCUT2D eigenvalue weighted by Gasteiger charge is -2.25. The molecule has 1 fully saturated rings. The summed E-state index contributed by atoms with van der Waals surface area (Å²) in [5, 5.41) is 20.4. The number of rotatable bonds is 16. The van der Waals surface area contributed by atoms with Gasteiger partial charge in [0, 0.05) is 19.4 Å². The van der Waals surface area contributed by atoms with E-state index < -0.39 is 53.8 Å². The second-order valence-electron chi connectivity index (χ2n) is 9.31. The van der Waals surface area contributed by atoms with Crippen LogP contribution in [0.3, 0.4) is 0 Å². The molecule has 1 heterocycles. The summed E-state index contributed by atoms with van der Waals surface area (Å²) in [6, 6.07) is 4.74. The number of aliphatic imine (C=N–C) groups is 1. The number of benzene rings is 1. The van der Waals surface area contributed by atoms with Crippen molar-refractivity contribution in [3.05, 3.63) is 35.9 Å². The zero-order chi connectivity index (χ0) is 28.8. The fourth-order valence-electron chi connectivity index (χ4n) is 4.10. The van der Waals surface area contributed by atoms with Crippen LogP contribution in [-0.2, 0) is 30.4 Å². The lowest BCUT2D eigenvalue weighted by molar-refractivity contribution is -0.142. The summed E-state index contributed by atoms with van der Waals surface area (Å²) in [5.41, 5.74) is 16.6. The summed E-state index contributed by atoms with van der Waals surface area (Å²) in [5.74, 6) is -3.87. The third-order valence-corrected chi connectivity index (χ3v) is 6.16. The quantitative estimate of drug-likeness (QED) is 0.0638. The predicted molar refractivity (Wildman–Crippen MR) is 143 cm³/mol. The zero-order valence-corrected chi connectivity index (χ0v) is 21.7. The van der Waals surface area contributed by atoms with Gasteiger partial charge in [-0.25, -0.2) is 4.79 Å². The molecule has 1 aromatic carbocycles. The van der Waals surface area contributed by atoms with E-state index in [1.54, 1.807) is 30.3 Å². The second-order valence-corrected chi connectivity index (χ2v) is 9.31. The van der Waals surface area contributed by atoms with Gasteiger partial charge in [-0.05, 0) is 44.2 Å². The van der Waals surface area contributed by atoms with Crippen molar-refractivity contribution < 1.29 is 29.1 Å². The van der Waals surface area contributed by atoms with Crippen LogP contribution in [0.1, 0.15) is 44.1 Å². The Kier molecular flexibility index (Phi) is 12.7. The minimum absolute atomic E-state index is 0.0300. The highest BCUT2D eigenvalue weighted by molar-refractivity contribution is 5.94. The SMILES string of the molecule is NC(=O)CCC(NC(=O)C1CCCN1)C(=O)NC(CCCN=C(N)N)C(=O)NC(Cc1ccccc1)C(=O)O. The molecule has 1 aliphatic rings. The highest BCUT2D eigenvalue weighted by Crippen LogP contribution is 2.09. The maximum absolute atomic E-state index is 13.2. The lowest BCUT2D eigenvalue weighted by atomic mass is 10.0. The molecule has 4 amide bonds. The van der Waals surface area contributed by atoms with Crippen molar-refractivity contribution in [2.45, 2.75) is 69.1 Å². The Morgan fingerprint density at radius 1 is 0.949 bits per heavy atom. The number of nitrogens with one attached hydrogen (secondary N) is 4. The van der Waals surface area contributed by atoms with E-state index in [2.05, 4.69) is 26.3 Å². The summed E-state index contributed by atoms with van der Waals surface area (Å²) in [7, 11) is 0. The minimum atomic E-state index is -1.25. The van der Waals surface area contributed by atoms with Crippen LogP contribution in [0.4, 0.5) is 0 Å². The Morgan fingerprint density at radius 2 is 1.59 bits per heavy atom. The number of hydrogen-bond acceptors (Lipinski definition) is 7. The first kappa shape index (κ1) is 31.0. The highest BCUT2D eigenvalue weighted by Gasteiger charge is 2.31. The van der Waals surface area contributed by atoms with Crippen molar-refractivity contribution in [3.8, 4) is 0 Å². The van der Waals surface area contributed by atoms with Gasteiger partial charge in [-0.3, -0.25) is 24.2 Å². The number of carbonyl (C=O) groups excluding carboxylic acids is 4. The number of carboxylic acids is 1. The normalized spacial score (nSPS) is 16.8. The Balaban J connectivity index is 2.16. The Bertz CT molecular complexity index is 1020. The Hall–Kier alpha value is -4.20. The first-order chi connectivity index (χ1) is 18.6. The predicted octanol–water partition coefficient (Wildman–Crippen LogP) is -2.16. The number of primary amides is 1. The average Bonchev–Trinajstić information content (AvgIpc) is 3.43. The number of carboxylic acid groups (broad SMARTS) is 1. The molecule has 1 aliphatic heterocycles. The number of carbonyl (C=O) groups is 5. The molecule has 0 aliphatic carbocycles. The van der Waals surface area contributed by atoms with Crippen LogP contribution in [-0.4, -0.2) is 77.9 Å². The van der Waals surface area contributed by atoms with E-state index in [1.807, 2.05) is 0 Å². The molecule has 0 spiro atoms. The first-order valence-corrected chi connectivity index (χ1v) is 12.8. The van der Waals surface area contributed by atoms with Gasteiger partial charge in [-0.2, -0.15) is 0 Å². The van der Waals surface area contributed by atoms with Gasteiger partial charge in [0.15, 0.2) is 5.96 Å². The topological polar surface area (TPSA) is 244 Å². The monoisotopic (exact) mass is 546 g/mol. The van der Waals surface area contributed by atoms with Crippen molar-refractivity contribution in [3.63, 3.8) is 0 Å². The van der Waals surface area contributed by atoms with Gasteiger partial charge in [-0.15, -0.1) is 0 Å². The van der Waals surface area contributed by atoms with Gasteiger partial charge < -0.3 is 43.6 Å². The van der Waals surface area contributed by atoms with E-state index >= 15 is 0 Å². The van der Waals surface area contributed by atoms with E-state index in [4.69, 9.17) is 17.2 Å². The summed E-state index contributed by atoms with van der Waals surface area (Å²) >= 11 is 0. The molecule has 1 aromatic rings. The van der Waals surface area contributed by atoms with Gasteiger partial charge in [0.2, 0.25) is 23.6 Å².